The van der Waals surface area contributed by atoms with E-state index >= 15 is 0 Å². The summed E-state index contributed by atoms with van der Waals surface area (Å²) in [5.41, 5.74) is 0.900. The van der Waals surface area contributed by atoms with E-state index in [0.717, 1.165) is 23.6 Å². The Hall–Kier alpha value is -1.52. The molecule has 0 bridgehead atoms. The second kappa shape index (κ2) is 6.77. The first-order valence-corrected chi connectivity index (χ1v) is 6.85. The van der Waals surface area contributed by atoms with Crippen LogP contribution in [0.2, 0.25) is 5.02 Å². The molecule has 0 saturated heterocycles. The van der Waals surface area contributed by atoms with Gasteiger partial charge in [-0.1, -0.05) is 24.6 Å². The Morgan fingerprint density at radius 1 is 1.40 bits per heavy atom. The van der Waals surface area contributed by atoms with Gasteiger partial charge in [0.2, 0.25) is 0 Å². The van der Waals surface area contributed by atoms with Gasteiger partial charge in [0.15, 0.2) is 11.6 Å². The van der Waals surface area contributed by atoms with Crippen molar-refractivity contribution in [3.8, 4) is 5.75 Å². The number of benzene rings is 1. The molecule has 0 spiro atoms. The standard InChI is InChI=1S/C15H17ClFNO2/c1-3-18-8-12-7-11(10(2)20-12)9-19-14-6-4-5-13(16)15(14)17/h4-7,18H,3,8-9H2,1-2H3. The zero-order chi connectivity index (χ0) is 14.5. The zero-order valence-corrected chi connectivity index (χ0v) is 12.3. The highest BCUT2D eigenvalue weighted by molar-refractivity contribution is 6.30. The summed E-state index contributed by atoms with van der Waals surface area (Å²) >= 11 is 5.71. The first-order chi connectivity index (χ1) is 9.61. The van der Waals surface area contributed by atoms with E-state index in [1.165, 1.54) is 6.07 Å². The highest BCUT2D eigenvalue weighted by Gasteiger charge is 2.11. The molecular weight excluding hydrogens is 281 g/mol. The van der Waals surface area contributed by atoms with Crippen molar-refractivity contribution in [3.05, 3.63) is 52.2 Å². The van der Waals surface area contributed by atoms with E-state index in [0.29, 0.717) is 6.54 Å². The van der Waals surface area contributed by atoms with Crippen molar-refractivity contribution >= 4 is 11.6 Å². The van der Waals surface area contributed by atoms with Gasteiger partial charge in [-0.15, -0.1) is 0 Å². The summed E-state index contributed by atoms with van der Waals surface area (Å²) in [7, 11) is 0. The molecular formula is C15H17ClFNO2. The monoisotopic (exact) mass is 297 g/mol. The van der Waals surface area contributed by atoms with E-state index in [2.05, 4.69) is 5.32 Å². The molecule has 5 heteroatoms. The molecule has 108 valence electrons. The quantitative estimate of drug-likeness (QED) is 0.873. The Balaban J connectivity index is 2.03. The fourth-order valence-electron chi connectivity index (χ4n) is 1.82. The molecule has 1 heterocycles. The van der Waals surface area contributed by atoms with Gasteiger partial charge in [0.1, 0.15) is 18.1 Å². The highest BCUT2D eigenvalue weighted by atomic mass is 35.5. The van der Waals surface area contributed by atoms with E-state index in [1.54, 1.807) is 12.1 Å². The normalized spacial score (nSPS) is 10.8. The maximum absolute atomic E-state index is 13.7. The third-order valence-electron chi connectivity index (χ3n) is 2.92. The molecule has 0 saturated carbocycles. The van der Waals surface area contributed by atoms with Crippen LogP contribution in [0, 0.1) is 12.7 Å². The van der Waals surface area contributed by atoms with Crippen LogP contribution in [0.5, 0.6) is 5.75 Å². The molecule has 0 aliphatic carbocycles. The van der Waals surface area contributed by atoms with Crippen molar-refractivity contribution in [2.45, 2.75) is 27.0 Å². The number of hydrogen-bond donors (Lipinski definition) is 1. The molecule has 0 fully saturated rings. The fourth-order valence-corrected chi connectivity index (χ4v) is 1.98. The van der Waals surface area contributed by atoms with Crippen molar-refractivity contribution in [2.24, 2.45) is 0 Å². The number of halogens is 2. The molecule has 0 unspecified atom stereocenters. The van der Waals surface area contributed by atoms with E-state index in [1.807, 2.05) is 19.9 Å². The molecule has 2 rings (SSSR count). The number of nitrogens with one attached hydrogen (secondary N) is 1. The van der Waals surface area contributed by atoms with Gasteiger partial charge in [-0.05, 0) is 31.7 Å². The third kappa shape index (κ3) is 3.52. The van der Waals surface area contributed by atoms with Gasteiger partial charge in [-0.2, -0.15) is 0 Å². The Bertz CT molecular complexity index is 583. The number of ether oxygens (including phenoxy) is 1. The van der Waals surface area contributed by atoms with Crippen molar-refractivity contribution in [1.82, 2.24) is 5.32 Å². The summed E-state index contributed by atoms with van der Waals surface area (Å²) in [5, 5.41) is 3.24. The Kier molecular flexibility index (Phi) is 5.04. The van der Waals surface area contributed by atoms with Crippen LogP contribution in [0.4, 0.5) is 4.39 Å². The minimum absolute atomic E-state index is 0.0549. The predicted molar refractivity (Wildman–Crippen MR) is 76.6 cm³/mol. The molecule has 0 amide bonds. The highest BCUT2D eigenvalue weighted by Crippen LogP contribution is 2.25. The second-order valence-electron chi connectivity index (χ2n) is 4.42. The molecule has 3 nitrogen and oxygen atoms in total. The molecule has 1 aromatic heterocycles. The van der Waals surface area contributed by atoms with Crippen molar-refractivity contribution in [2.75, 3.05) is 6.54 Å². The fraction of sp³-hybridized carbons (Fsp3) is 0.333. The van der Waals surface area contributed by atoms with Gasteiger partial charge >= 0.3 is 0 Å². The Labute approximate surface area is 122 Å². The maximum atomic E-state index is 13.7. The average molecular weight is 298 g/mol. The molecule has 0 aliphatic rings. The number of aryl methyl sites for hydroxylation is 1. The van der Waals surface area contributed by atoms with E-state index in [4.69, 9.17) is 20.8 Å². The van der Waals surface area contributed by atoms with Crippen LogP contribution in [0.25, 0.3) is 0 Å². The van der Waals surface area contributed by atoms with Crippen molar-refractivity contribution < 1.29 is 13.5 Å². The summed E-state index contributed by atoms with van der Waals surface area (Å²) < 4.78 is 24.7. The topological polar surface area (TPSA) is 34.4 Å². The molecule has 1 aromatic carbocycles. The van der Waals surface area contributed by atoms with Gasteiger partial charge in [-0.25, -0.2) is 4.39 Å². The lowest BCUT2D eigenvalue weighted by molar-refractivity contribution is 0.287. The minimum atomic E-state index is -0.539. The SMILES string of the molecule is CCNCc1cc(COc2cccc(Cl)c2F)c(C)o1. The molecule has 1 N–H and O–H groups in total. The van der Waals surface area contributed by atoms with E-state index in [-0.39, 0.29) is 17.4 Å². The number of furan rings is 1. The molecule has 20 heavy (non-hydrogen) atoms. The van der Waals surface area contributed by atoms with E-state index in [9.17, 15) is 4.39 Å². The van der Waals surface area contributed by atoms with Crippen LogP contribution >= 0.6 is 11.6 Å². The predicted octanol–water partition coefficient (Wildman–Crippen LogP) is 4.07. The molecule has 2 aromatic rings. The van der Waals surface area contributed by atoms with Gasteiger partial charge < -0.3 is 14.5 Å². The minimum Gasteiger partial charge on any atom is -0.486 e. The molecule has 0 aliphatic heterocycles. The lowest BCUT2D eigenvalue weighted by atomic mass is 10.2. The summed E-state index contributed by atoms with van der Waals surface area (Å²) in [6.07, 6.45) is 0. The molecule has 0 radical (unpaired) electrons. The van der Waals surface area contributed by atoms with Gasteiger partial charge in [0, 0.05) is 5.56 Å². The Morgan fingerprint density at radius 3 is 2.95 bits per heavy atom. The first kappa shape index (κ1) is 14.9. The number of rotatable bonds is 6. The molecule has 0 atom stereocenters. The van der Waals surface area contributed by atoms with Gasteiger partial charge in [0.25, 0.3) is 0 Å². The van der Waals surface area contributed by atoms with E-state index < -0.39 is 5.82 Å². The van der Waals surface area contributed by atoms with Gasteiger partial charge in [-0.3, -0.25) is 0 Å². The lowest BCUT2D eigenvalue weighted by Crippen LogP contribution is -2.10. The third-order valence-corrected chi connectivity index (χ3v) is 3.21. The number of hydrogen-bond acceptors (Lipinski definition) is 3. The van der Waals surface area contributed by atoms with Gasteiger partial charge in [0.05, 0.1) is 11.6 Å². The first-order valence-electron chi connectivity index (χ1n) is 6.47. The van der Waals surface area contributed by atoms with Crippen molar-refractivity contribution in [3.63, 3.8) is 0 Å². The van der Waals surface area contributed by atoms with Crippen molar-refractivity contribution in [1.29, 1.82) is 0 Å². The van der Waals surface area contributed by atoms with Crippen LogP contribution in [-0.2, 0) is 13.2 Å². The Morgan fingerprint density at radius 2 is 2.20 bits per heavy atom. The van der Waals surface area contributed by atoms with Crippen LogP contribution in [-0.4, -0.2) is 6.54 Å². The average Bonchev–Trinajstić information content (AvgIpc) is 2.79. The summed E-state index contributed by atoms with van der Waals surface area (Å²) in [4.78, 5) is 0. The van der Waals surface area contributed by atoms with Crippen LogP contribution < -0.4 is 10.1 Å². The summed E-state index contributed by atoms with van der Waals surface area (Å²) in [5.74, 6) is 1.23. The lowest BCUT2D eigenvalue weighted by Gasteiger charge is -2.06. The van der Waals surface area contributed by atoms with Crippen LogP contribution in [0.3, 0.4) is 0 Å². The largest absolute Gasteiger partial charge is 0.486 e. The summed E-state index contributed by atoms with van der Waals surface area (Å²) in [6.45, 7) is 5.69. The maximum Gasteiger partial charge on any atom is 0.183 e. The van der Waals surface area contributed by atoms with Crippen LogP contribution in [0.1, 0.15) is 24.0 Å². The van der Waals surface area contributed by atoms with Crippen LogP contribution in [0.15, 0.2) is 28.7 Å². The second-order valence-corrected chi connectivity index (χ2v) is 4.82. The zero-order valence-electron chi connectivity index (χ0n) is 11.5. The summed E-state index contributed by atoms with van der Waals surface area (Å²) in [6, 6.07) is 6.61. The smallest absolute Gasteiger partial charge is 0.183 e.